The Kier molecular flexibility index (Phi) is 5.66. The molecule has 0 saturated heterocycles. The molecule has 0 radical (unpaired) electrons. The summed E-state index contributed by atoms with van der Waals surface area (Å²) in [5, 5.41) is 7.07. The van der Waals surface area contributed by atoms with Crippen molar-refractivity contribution in [3.05, 3.63) is 77.6 Å². The van der Waals surface area contributed by atoms with Crippen molar-refractivity contribution in [1.82, 2.24) is 15.1 Å². The molecular weight excluding hydrogens is 342 g/mol. The zero-order chi connectivity index (χ0) is 19.2. The lowest BCUT2D eigenvalue weighted by Gasteiger charge is -2.07. The molecule has 0 aliphatic carbocycles. The first-order chi connectivity index (χ1) is 13.1. The van der Waals surface area contributed by atoms with Crippen molar-refractivity contribution in [2.24, 2.45) is 7.05 Å². The smallest absolute Gasteiger partial charge is 0.337 e. The van der Waals surface area contributed by atoms with Crippen LogP contribution >= 0.6 is 0 Å². The summed E-state index contributed by atoms with van der Waals surface area (Å²) in [4.78, 5) is 23.6. The molecule has 0 bridgehead atoms. The lowest BCUT2D eigenvalue weighted by molar-refractivity contribution is 0.0600. The highest BCUT2D eigenvalue weighted by Gasteiger charge is 2.08. The van der Waals surface area contributed by atoms with Gasteiger partial charge in [0.2, 0.25) is 0 Å². The topological polar surface area (TPSA) is 73.2 Å². The van der Waals surface area contributed by atoms with Crippen LogP contribution in [0.4, 0.5) is 0 Å². The van der Waals surface area contributed by atoms with Crippen molar-refractivity contribution in [2.75, 3.05) is 13.7 Å². The lowest BCUT2D eigenvalue weighted by Crippen LogP contribution is -2.25. The van der Waals surface area contributed by atoms with Crippen molar-refractivity contribution in [2.45, 2.75) is 6.42 Å². The van der Waals surface area contributed by atoms with Crippen molar-refractivity contribution in [1.29, 1.82) is 0 Å². The summed E-state index contributed by atoms with van der Waals surface area (Å²) in [7, 11) is 3.22. The van der Waals surface area contributed by atoms with Crippen molar-refractivity contribution >= 4 is 11.9 Å². The van der Waals surface area contributed by atoms with Crippen LogP contribution in [0.1, 0.15) is 26.3 Å². The normalized spacial score (nSPS) is 10.4. The van der Waals surface area contributed by atoms with Gasteiger partial charge >= 0.3 is 5.97 Å². The molecule has 138 valence electrons. The summed E-state index contributed by atoms with van der Waals surface area (Å²) >= 11 is 0. The number of amides is 1. The molecule has 0 atom stereocenters. The minimum absolute atomic E-state index is 0.168. The minimum atomic E-state index is -0.420. The minimum Gasteiger partial charge on any atom is -0.465 e. The van der Waals surface area contributed by atoms with Crippen LogP contribution in [0.15, 0.2) is 60.9 Å². The highest BCUT2D eigenvalue weighted by atomic mass is 16.5. The summed E-state index contributed by atoms with van der Waals surface area (Å²) in [6, 6.07) is 14.6. The van der Waals surface area contributed by atoms with Gasteiger partial charge in [-0.3, -0.25) is 9.48 Å². The van der Waals surface area contributed by atoms with E-state index in [0.29, 0.717) is 17.7 Å². The first-order valence-corrected chi connectivity index (χ1v) is 8.61. The number of carbonyl (C=O) groups excluding carboxylic acids is 2. The number of benzene rings is 2. The van der Waals surface area contributed by atoms with E-state index in [9.17, 15) is 9.59 Å². The van der Waals surface area contributed by atoms with Crippen molar-refractivity contribution in [3.63, 3.8) is 0 Å². The Balaban J connectivity index is 1.51. The number of esters is 1. The number of aryl methyl sites for hydroxylation is 1. The molecule has 6 nitrogen and oxygen atoms in total. The van der Waals surface area contributed by atoms with Gasteiger partial charge in [0.1, 0.15) is 0 Å². The average molecular weight is 363 g/mol. The van der Waals surface area contributed by atoms with Gasteiger partial charge in [0.15, 0.2) is 0 Å². The molecule has 0 unspecified atom stereocenters. The molecule has 6 heteroatoms. The van der Waals surface area contributed by atoms with Crippen molar-refractivity contribution in [3.8, 4) is 11.1 Å². The molecule has 0 aliphatic rings. The Bertz CT molecular complexity index is 928. The van der Waals surface area contributed by atoms with Crippen LogP contribution in [0.25, 0.3) is 11.1 Å². The monoisotopic (exact) mass is 363 g/mol. The molecule has 3 rings (SSSR count). The maximum absolute atomic E-state index is 12.2. The van der Waals surface area contributed by atoms with Crippen LogP contribution in [0.2, 0.25) is 0 Å². The number of hydrogen-bond acceptors (Lipinski definition) is 4. The van der Waals surface area contributed by atoms with Gasteiger partial charge in [0.05, 0.1) is 18.9 Å². The SMILES string of the molecule is COC(=O)c1ccc(C(=O)NCCc2ccc(-c3cnn(C)c3)cc2)cc1. The molecule has 0 saturated carbocycles. The van der Waals surface area contributed by atoms with Gasteiger partial charge in [-0.1, -0.05) is 24.3 Å². The Morgan fingerprint density at radius 1 is 1.00 bits per heavy atom. The third kappa shape index (κ3) is 4.61. The molecule has 0 fully saturated rings. The highest BCUT2D eigenvalue weighted by molar-refractivity contribution is 5.96. The molecule has 27 heavy (non-hydrogen) atoms. The second kappa shape index (κ2) is 8.31. The Labute approximate surface area is 157 Å². The number of methoxy groups -OCH3 is 1. The molecule has 0 spiro atoms. The average Bonchev–Trinajstić information content (AvgIpc) is 3.14. The summed E-state index contributed by atoms with van der Waals surface area (Å²) in [5.74, 6) is -0.588. The Hall–Kier alpha value is -3.41. The fourth-order valence-electron chi connectivity index (χ4n) is 2.73. The van der Waals surface area contributed by atoms with E-state index in [0.717, 1.165) is 23.1 Å². The van der Waals surface area contributed by atoms with Gasteiger partial charge < -0.3 is 10.1 Å². The Morgan fingerprint density at radius 3 is 2.26 bits per heavy atom. The zero-order valence-corrected chi connectivity index (χ0v) is 15.3. The summed E-state index contributed by atoms with van der Waals surface area (Å²) in [5.41, 5.74) is 4.26. The van der Waals surface area contributed by atoms with E-state index in [2.05, 4.69) is 39.4 Å². The standard InChI is InChI=1S/C21H21N3O3/c1-24-14-19(13-23-24)16-5-3-15(4-6-16)11-12-22-20(25)17-7-9-18(10-8-17)21(26)27-2/h3-10,13-14H,11-12H2,1-2H3,(H,22,25). The van der Waals surface area contributed by atoms with E-state index in [-0.39, 0.29) is 5.91 Å². The Morgan fingerprint density at radius 2 is 1.67 bits per heavy atom. The number of rotatable bonds is 6. The lowest BCUT2D eigenvalue weighted by atomic mass is 10.1. The van der Waals surface area contributed by atoms with Gasteiger partial charge in [-0.15, -0.1) is 0 Å². The first kappa shape index (κ1) is 18.4. The fraction of sp³-hybridized carbons (Fsp3) is 0.190. The quantitative estimate of drug-likeness (QED) is 0.684. The molecule has 3 aromatic rings. The van der Waals surface area contributed by atoms with E-state index < -0.39 is 5.97 Å². The van der Waals surface area contributed by atoms with Crippen LogP contribution in [0.3, 0.4) is 0 Å². The van der Waals surface area contributed by atoms with Crippen LogP contribution in [0, 0.1) is 0 Å². The maximum Gasteiger partial charge on any atom is 0.337 e. The van der Waals surface area contributed by atoms with E-state index in [1.54, 1.807) is 28.9 Å². The largest absolute Gasteiger partial charge is 0.465 e. The number of nitrogens with one attached hydrogen (secondary N) is 1. The molecule has 1 heterocycles. The van der Waals surface area contributed by atoms with Gasteiger partial charge in [0, 0.05) is 30.9 Å². The van der Waals surface area contributed by atoms with E-state index in [1.807, 2.05) is 19.4 Å². The number of hydrogen-bond donors (Lipinski definition) is 1. The zero-order valence-electron chi connectivity index (χ0n) is 15.3. The van der Waals surface area contributed by atoms with Gasteiger partial charge in [-0.05, 0) is 41.8 Å². The van der Waals surface area contributed by atoms with E-state index in [4.69, 9.17) is 0 Å². The molecule has 2 aromatic carbocycles. The second-order valence-electron chi connectivity index (χ2n) is 6.17. The maximum atomic E-state index is 12.2. The predicted molar refractivity (Wildman–Crippen MR) is 102 cm³/mol. The summed E-state index contributed by atoms with van der Waals surface area (Å²) in [6.07, 6.45) is 4.54. The first-order valence-electron chi connectivity index (χ1n) is 8.61. The summed E-state index contributed by atoms with van der Waals surface area (Å²) < 4.78 is 6.42. The van der Waals surface area contributed by atoms with Crippen molar-refractivity contribution < 1.29 is 14.3 Å². The van der Waals surface area contributed by atoms with E-state index in [1.165, 1.54) is 7.11 Å². The third-order valence-corrected chi connectivity index (χ3v) is 4.26. The van der Waals surface area contributed by atoms with Crippen LogP contribution in [-0.2, 0) is 18.2 Å². The fourth-order valence-corrected chi connectivity index (χ4v) is 2.73. The highest BCUT2D eigenvalue weighted by Crippen LogP contribution is 2.18. The number of aromatic nitrogens is 2. The van der Waals surface area contributed by atoms with Crippen LogP contribution in [0.5, 0.6) is 0 Å². The van der Waals surface area contributed by atoms with E-state index >= 15 is 0 Å². The van der Waals surface area contributed by atoms with Crippen LogP contribution < -0.4 is 5.32 Å². The molecule has 0 aliphatic heterocycles. The summed E-state index contributed by atoms with van der Waals surface area (Å²) in [6.45, 7) is 0.532. The predicted octanol–water partition coefficient (Wildman–Crippen LogP) is 2.85. The van der Waals surface area contributed by atoms with Gasteiger partial charge in [-0.25, -0.2) is 4.79 Å². The van der Waals surface area contributed by atoms with Gasteiger partial charge in [-0.2, -0.15) is 5.10 Å². The number of nitrogens with zero attached hydrogens (tertiary/aromatic N) is 2. The molecule has 1 aromatic heterocycles. The second-order valence-corrected chi connectivity index (χ2v) is 6.17. The number of carbonyl (C=O) groups is 2. The van der Waals surface area contributed by atoms with Crippen LogP contribution in [-0.4, -0.2) is 35.3 Å². The number of ether oxygens (including phenoxy) is 1. The third-order valence-electron chi connectivity index (χ3n) is 4.26. The van der Waals surface area contributed by atoms with Gasteiger partial charge in [0.25, 0.3) is 5.91 Å². The molecule has 1 amide bonds. The molecule has 1 N–H and O–H groups in total. The molecular formula is C21H21N3O3.